The van der Waals surface area contributed by atoms with Crippen molar-refractivity contribution in [3.05, 3.63) is 12.7 Å². The van der Waals surface area contributed by atoms with Gasteiger partial charge in [-0.1, -0.05) is 0 Å². The molecule has 0 spiro atoms. The molecule has 0 bridgehead atoms. The molecule has 0 aromatic carbocycles. The molecule has 9 nitrogen and oxygen atoms in total. The van der Waals surface area contributed by atoms with E-state index in [-0.39, 0.29) is 18.3 Å². The first-order valence-corrected chi connectivity index (χ1v) is 7.62. The second-order valence-corrected chi connectivity index (χ2v) is 6.34. The second kappa shape index (κ2) is 5.10. The van der Waals surface area contributed by atoms with Crippen LogP contribution in [0.1, 0.15) is 26.5 Å². The molecule has 4 unspecified atom stereocenters. The van der Waals surface area contributed by atoms with Crippen molar-refractivity contribution in [2.75, 3.05) is 12.3 Å². The first kappa shape index (κ1) is 14.8. The van der Waals surface area contributed by atoms with Gasteiger partial charge >= 0.3 is 0 Å². The SMILES string of the molecule is CC1(C)OC2CC(CN)OC(n3cnc4c(N)ncnc43)C2O1. The Morgan fingerprint density at radius 2 is 2.13 bits per heavy atom. The van der Waals surface area contributed by atoms with Gasteiger partial charge in [-0.15, -0.1) is 0 Å². The van der Waals surface area contributed by atoms with Crippen LogP contribution in [0.2, 0.25) is 0 Å². The number of fused-ring (bicyclic) bond motifs is 2. The Bertz CT molecular complexity index is 732. The molecular formula is C14H20N6O3. The molecule has 9 heteroatoms. The number of nitrogens with zero attached hydrogens (tertiary/aromatic N) is 4. The maximum Gasteiger partial charge on any atom is 0.167 e. The smallest absolute Gasteiger partial charge is 0.167 e. The van der Waals surface area contributed by atoms with Gasteiger partial charge in [0.15, 0.2) is 23.5 Å². The van der Waals surface area contributed by atoms with Gasteiger partial charge in [0.25, 0.3) is 0 Å². The molecule has 4 N–H and O–H groups in total. The Balaban J connectivity index is 1.77. The number of hydrogen-bond donors (Lipinski definition) is 2. The molecule has 2 aliphatic heterocycles. The van der Waals surface area contributed by atoms with Crippen LogP contribution >= 0.6 is 0 Å². The second-order valence-electron chi connectivity index (χ2n) is 6.34. The van der Waals surface area contributed by atoms with E-state index >= 15 is 0 Å². The average Bonchev–Trinajstić information content (AvgIpc) is 3.06. The minimum atomic E-state index is -0.662. The number of ether oxygens (including phenoxy) is 3. The van der Waals surface area contributed by atoms with Gasteiger partial charge in [-0.05, 0) is 13.8 Å². The van der Waals surface area contributed by atoms with Gasteiger partial charge in [-0.2, -0.15) is 0 Å². The molecule has 2 aromatic rings. The summed E-state index contributed by atoms with van der Waals surface area (Å²) >= 11 is 0. The third-order valence-corrected chi connectivity index (χ3v) is 4.25. The predicted molar refractivity (Wildman–Crippen MR) is 81.1 cm³/mol. The van der Waals surface area contributed by atoms with Crippen LogP contribution in [0.4, 0.5) is 5.82 Å². The van der Waals surface area contributed by atoms with E-state index in [9.17, 15) is 0 Å². The van der Waals surface area contributed by atoms with Crippen molar-refractivity contribution in [2.24, 2.45) is 5.73 Å². The lowest BCUT2D eigenvalue weighted by Crippen LogP contribution is -2.46. The van der Waals surface area contributed by atoms with Gasteiger partial charge in [-0.25, -0.2) is 15.0 Å². The summed E-state index contributed by atoms with van der Waals surface area (Å²) in [6.07, 6.45) is 2.86. The molecule has 2 aromatic heterocycles. The van der Waals surface area contributed by atoms with Gasteiger partial charge in [0.1, 0.15) is 17.9 Å². The number of hydrogen-bond acceptors (Lipinski definition) is 8. The first-order chi connectivity index (χ1) is 11.0. The van der Waals surface area contributed by atoms with Gasteiger partial charge in [0.05, 0.1) is 18.5 Å². The summed E-state index contributed by atoms with van der Waals surface area (Å²) in [5.41, 5.74) is 12.8. The van der Waals surface area contributed by atoms with E-state index < -0.39 is 12.0 Å². The number of nitrogen functional groups attached to an aromatic ring is 1. The highest BCUT2D eigenvalue weighted by Crippen LogP contribution is 2.41. The van der Waals surface area contributed by atoms with E-state index in [0.29, 0.717) is 29.9 Å². The maximum absolute atomic E-state index is 6.13. The zero-order valence-electron chi connectivity index (χ0n) is 13.0. The van der Waals surface area contributed by atoms with E-state index in [0.717, 1.165) is 0 Å². The molecule has 124 valence electrons. The van der Waals surface area contributed by atoms with E-state index in [2.05, 4.69) is 15.0 Å². The Hall–Kier alpha value is -1.81. The Morgan fingerprint density at radius 1 is 1.30 bits per heavy atom. The first-order valence-electron chi connectivity index (χ1n) is 7.62. The third kappa shape index (κ3) is 2.36. The monoisotopic (exact) mass is 320 g/mol. The molecule has 2 saturated heterocycles. The van der Waals surface area contributed by atoms with E-state index in [1.165, 1.54) is 6.33 Å². The minimum Gasteiger partial charge on any atom is -0.382 e. The van der Waals surface area contributed by atoms with E-state index in [1.54, 1.807) is 6.33 Å². The van der Waals surface area contributed by atoms with Crippen LogP contribution < -0.4 is 11.5 Å². The molecule has 23 heavy (non-hydrogen) atoms. The average molecular weight is 320 g/mol. The van der Waals surface area contributed by atoms with Gasteiger partial charge in [0.2, 0.25) is 0 Å². The summed E-state index contributed by atoms with van der Waals surface area (Å²) < 4.78 is 20.0. The van der Waals surface area contributed by atoms with Crippen molar-refractivity contribution in [3.8, 4) is 0 Å². The van der Waals surface area contributed by atoms with Crippen molar-refractivity contribution in [2.45, 2.75) is 50.6 Å². The molecule has 0 saturated carbocycles. The Kier molecular flexibility index (Phi) is 3.27. The van der Waals surface area contributed by atoms with Crippen molar-refractivity contribution >= 4 is 17.0 Å². The summed E-state index contributed by atoms with van der Waals surface area (Å²) in [7, 11) is 0. The number of imidazole rings is 1. The van der Waals surface area contributed by atoms with Crippen LogP contribution in [0.25, 0.3) is 11.2 Å². The van der Waals surface area contributed by atoms with Crippen LogP contribution in [0.15, 0.2) is 12.7 Å². The Morgan fingerprint density at radius 3 is 2.91 bits per heavy atom. The Labute approximate surface area is 132 Å². The van der Waals surface area contributed by atoms with Crippen LogP contribution in [0.5, 0.6) is 0 Å². The molecule has 4 atom stereocenters. The zero-order valence-corrected chi connectivity index (χ0v) is 13.0. The van der Waals surface area contributed by atoms with Crippen LogP contribution in [0, 0.1) is 0 Å². The van der Waals surface area contributed by atoms with Gasteiger partial charge in [0, 0.05) is 13.0 Å². The molecule has 0 amide bonds. The summed E-state index contributed by atoms with van der Waals surface area (Å²) in [6.45, 7) is 4.20. The van der Waals surface area contributed by atoms with Gasteiger partial charge < -0.3 is 25.7 Å². The van der Waals surface area contributed by atoms with E-state index in [4.69, 9.17) is 25.7 Å². The fraction of sp³-hybridized carbons (Fsp3) is 0.643. The number of aromatic nitrogens is 4. The maximum atomic E-state index is 6.13. The molecule has 0 aliphatic carbocycles. The topological polar surface area (TPSA) is 123 Å². The lowest BCUT2D eigenvalue weighted by Gasteiger charge is -2.36. The fourth-order valence-electron chi connectivity index (χ4n) is 3.31. The summed E-state index contributed by atoms with van der Waals surface area (Å²) in [4.78, 5) is 12.5. The number of anilines is 1. The molecule has 4 heterocycles. The summed E-state index contributed by atoms with van der Waals surface area (Å²) in [5, 5.41) is 0. The quantitative estimate of drug-likeness (QED) is 0.803. The molecule has 0 radical (unpaired) electrons. The molecule has 2 aliphatic rings. The normalized spacial score (nSPS) is 33.0. The predicted octanol–water partition coefficient (Wildman–Crippen LogP) is 0.175. The lowest BCUT2D eigenvalue weighted by atomic mass is 10.0. The minimum absolute atomic E-state index is 0.0889. The van der Waals surface area contributed by atoms with Crippen molar-refractivity contribution in [1.29, 1.82) is 0 Å². The standard InChI is InChI=1S/C14H20N6O3/c1-14(2)22-8-3-7(4-15)21-13(10(8)23-14)20-6-19-9-11(16)17-5-18-12(9)20/h5-8,10,13H,3-4,15H2,1-2H3,(H2,16,17,18). The third-order valence-electron chi connectivity index (χ3n) is 4.25. The highest BCUT2D eigenvalue weighted by Gasteiger charge is 2.50. The van der Waals surface area contributed by atoms with Crippen LogP contribution in [0.3, 0.4) is 0 Å². The van der Waals surface area contributed by atoms with E-state index in [1.807, 2.05) is 18.4 Å². The fourth-order valence-corrected chi connectivity index (χ4v) is 3.31. The lowest BCUT2D eigenvalue weighted by molar-refractivity contribution is -0.176. The number of nitrogens with two attached hydrogens (primary N) is 2. The van der Waals surface area contributed by atoms with Crippen molar-refractivity contribution in [3.63, 3.8) is 0 Å². The van der Waals surface area contributed by atoms with Crippen LogP contribution in [-0.4, -0.2) is 50.2 Å². The van der Waals surface area contributed by atoms with Gasteiger partial charge in [-0.3, -0.25) is 4.57 Å². The van der Waals surface area contributed by atoms with Crippen molar-refractivity contribution < 1.29 is 14.2 Å². The highest BCUT2D eigenvalue weighted by molar-refractivity contribution is 5.81. The zero-order chi connectivity index (χ0) is 16.2. The summed E-state index contributed by atoms with van der Waals surface area (Å²) in [6, 6.07) is 0. The van der Waals surface area contributed by atoms with Crippen molar-refractivity contribution in [1.82, 2.24) is 19.5 Å². The largest absolute Gasteiger partial charge is 0.382 e. The highest BCUT2D eigenvalue weighted by atomic mass is 16.8. The molecule has 2 fully saturated rings. The van der Waals surface area contributed by atoms with Crippen LogP contribution in [-0.2, 0) is 14.2 Å². The summed E-state index contributed by atoms with van der Waals surface area (Å²) in [5.74, 6) is -0.328. The number of rotatable bonds is 2. The molecular weight excluding hydrogens is 300 g/mol. The molecule has 4 rings (SSSR count).